The van der Waals surface area contributed by atoms with Gasteiger partial charge in [0.25, 0.3) is 0 Å². The second kappa shape index (κ2) is 5.89. The van der Waals surface area contributed by atoms with Crippen molar-refractivity contribution in [3.63, 3.8) is 0 Å². The van der Waals surface area contributed by atoms with Gasteiger partial charge in [-0.3, -0.25) is 0 Å². The first kappa shape index (κ1) is 13.8. The predicted octanol–water partition coefficient (Wildman–Crippen LogP) is 1.60. The van der Waals surface area contributed by atoms with Gasteiger partial charge in [0.2, 0.25) is 0 Å². The first-order chi connectivity index (χ1) is 7.90. The summed E-state index contributed by atoms with van der Waals surface area (Å²) in [5.74, 6) is 1.41. The molecular formula is C13H20O4. The average Bonchev–Trinajstić information content (AvgIpc) is 2.25. The van der Waals surface area contributed by atoms with Crippen LogP contribution in [0.4, 0.5) is 0 Å². The van der Waals surface area contributed by atoms with Crippen LogP contribution < -0.4 is 9.47 Å². The number of rotatable bonds is 5. The molecule has 0 aromatic heterocycles. The molecule has 0 bridgehead atoms. The molecule has 0 heterocycles. The Hall–Kier alpha value is -1.26. The zero-order valence-electron chi connectivity index (χ0n) is 10.5. The second-order valence-corrected chi connectivity index (χ2v) is 4.83. The van der Waals surface area contributed by atoms with Crippen LogP contribution in [-0.4, -0.2) is 35.1 Å². The van der Waals surface area contributed by atoms with E-state index in [1.165, 1.54) is 0 Å². The lowest BCUT2D eigenvalue weighted by Gasteiger charge is -2.21. The first-order valence-corrected chi connectivity index (χ1v) is 5.61. The van der Waals surface area contributed by atoms with Crippen LogP contribution in [-0.2, 0) is 0 Å². The zero-order chi connectivity index (χ0) is 12.9. The van der Waals surface area contributed by atoms with Crippen molar-refractivity contribution in [2.45, 2.75) is 32.5 Å². The van der Waals surface area contributed by atoms with Crippen LogP contribution in [0.3, 0.4) is 0 Å². The van der Waals surface area contributed by atoms with Crippen LogP contribution in [0.25, 0.3) is 0 Å². The number of aliphatic hydroxyl groups is 2. The molecule has 17 heavy (non-hydrogen) atoms. The van der Waals surface area contributed by atoms with E-state index in [-0.39, 0.29) is 18.8 Å². The van der Waals surface area contributed by atoms with Gasteiger partial charge in [-0.05, 0) is 45.0 Å². The maximum Gasteiger partial charge on any atom is 0.120 e. The van der Waals surface area contributed by atoms with Crippen LogP contribution in [0, 0.1) is 0 Å². The third-order valence-corrected chi connectivity index (χ3v) is 1.90. The number of hydrogen-bond acceptors (Lipinski definition) is 4. The van der Waals surface area contributed by atoms with Crippen molar-refractivity contribution in [3.8, 4) is 11.5 Å². The molecule has 4 heteroatoms. The highest BCUT2D eigenvalue weighted by molar-refractivity contribution is 5.31. The predicted molar refractivity (Wildman–Crippen MR) is 65.4 cm³/mol. The van der Waals surface area contributed by atoms with Gasteiger partial charge in [0.15, 0.2) is 0 Å². The summed E-state index contributed by atoms with van der Waals surface area (Å²) in [7, 11) is 0. The van der Waals surface area contributed by atoms with Crippen molar-refractivity contribution in [2.75, 3.05) is 13.2 Å². The number of ether oxygens (including phenoxy) is 2. The molecule has 0 spiro atoms. The summed E-state index contributed by atoms with van der Waals surface area (Å²) >= 11 is 0. The van der Waals surface area contributed by atoms with E-state index < -0.39 is 6.10 Å². The Labute approximate surface area is 102 Å². The molecule has 4 nitrogen and oxygen atoms in total. The molecule has 0 aliphatic rings. The SMILES string of the molecule is CC(C)(C)Oc1ccc(OCC(O)CO)cc1. The minimum Gasteiger partial charge on any atom is -0.491 e. The van der Waals surface area contributed by atoms with Gasteiger partial charge in [0.1, 0.15) is 29.8 Å². The second-order valence-electron chi connectivity index (χ2n) is 4.83. The quantitative estimate of drug-likeness (QED) is 0.820. The summed E-state index contributed by atoms with van der Waals surface area (Å²) in [5.41, 5.74) is -0.227. The van der Waals surface area contributed by atoms with Crippen molar-refractivity contribution in [1.82, 2.24) is 0 Å². The smallest absolute Gasteiger partial charge is 0.120 e. The number of aliphatic hydroxyl groups excluding tert-OH is 2. The van der Waals surface area contributed by atoms with E-state index in [2.05, 4.69) is 0 Å². The molecule has 1 atom stereocenters. The molecule has 1 aromatic carbocycles. The summed E-state index contributed by atoms with van der Waals surface area (Å²) < 4.78 is 10.9. The lowest BCUT2D eigenvalue weighted by Crippen LogP contribution is -2.23. The van der Waals surface area contributed by atoms with E-state index >= 15 is 0 Å². The lowest BCUT2D eigenvalue weighted by atomic mass is 10.2. The summed E-state index contributed by atoms with van der Waals surface area (Å²) in [6.45, 7) is 5.72. The lowest BCUT2D eigenvalue weighted by molar-refractivity contribution is 0.0535. The molecule has 1 aromatic rings. The molecule has 1 rings (SSSR count). The van der Waals surface area contributed by atoms with Gasteiger partial charge in [-0.15, -0.1) is 0 Å². The fourth-order valence-corrected chi connectivity index (χ4v) is 1.20. The maximum atomic E-state index is 9.13. The van der Waals surface area contributed by atoms with Crippen LogP contribution in [0.15, 0.2) is 24.3 Å². The standard InChI is InChI=1S/C13H20O4/c1-13(2,3)17-12-6-4-11(5-7-12)16-9-10(15)8-14/h4-7,10,14-15H,8-9H2,1-3H3. The summed E-state index contributed by atoms with van der Waals surface area (Å²) in [4.78, 5) is 0. The number of benzene rings is 1. The Bertz CT molecular complexity index is 326. The summed E-state index contributed by atoms with van der Waals surface area (Å²) in [6, 6.07) is 7.16. The Morgan fingerprint density at radius 1 is 1.12 bits per heavy atom. The fourth-order valence-electron chi connectivity index (χ4n) is 1.20. The van der Waals surface area contributed by atoms with Gasteiger partial charge >= 0.3 is 0 Å². The zero-order valence-corrected chi connectivity index (χ0v) is 10.5. The van der Waals surface area contributed by atoms with Gasteiger partial charge in [-0.1, -0.05) is 0 Å². The maximum absolute atomic E-state index is 9.13. The van der Waals surface area contributed by atoms with Gasteiger partial charge in [-0.2, -0.15) is 0 Å². The van der Waals surface area contributed by atoms with Gasteiger partial charge in [-0.25, -0.2) is 0 Å². The molecule has 0 aliphatic carbocycles. The van der Waals surface area contributed by atoms with Crippen LogP contribution in [0.2, 0.25) is 0 Å². The molecule has 1 unspecified atom stereocenters. The average molecular weight is 240 g/mol. The third-order valence-electron chi connectivity index (χ3n) is 1.90. The highest BCUT2D eigenvalue weighted by Gasteiger charge is 2.11. The molecule has 0 amide bonds. The van der Waals surface area contributed by atoms with E-state index in [0.717, 1.165) is 5.75 Å². The summed E-state index contributed by atoms with van der Waals surface area (Å²) in [5, 5.41) is 17.8. The highest BCUT2D eigenvalue weighted by atomic mass is 16.5. The van der Waals surface area contributed by atoms with E-state index in [4.69, 9.17) is 19.7 Å². The van der Waals surface area contributed by atoms with Gasteiger partial charge in [0, 0.05) is 0 Å². The Morgan fingerprint density at radius 2 is 1.65 bits per heavy atom. The van der Waals surface area contributed by atoms with E-state index in [9.17, 15) is 0 Å². The molecular weight excluding hydrogens is 220 g/mol. The van der Waals surface area contributed by atoms with Crippen molar-refractivity contribution in [2.24, 2.45) is 0 Å². The molecule has 2 N–H and O–H groups in total. The topological polar surface area (TPSA) is 58.9 Å². The van der Waals surface area contributed by atoms with Crippen LogP contribution >= 0.6 is 0 Å². The molecule has 0 fully saturated rings. The minimum atomic E-state index is -0.847. The van der Waals surface area contributed by atoms with Crippen LogP contribution in [0.5, 0.6) is 11.5 Å². The highest BCUT2D eigenvalue weighted by Crippen LogP contribution is 2.21. The molecule has 0 radical (unpaired) electrons. The first-order valence-electron chi connectivity index (χ1n) is 5.61. The van der Waals surface area contributed by atoms with Crippen molar-refractivity contribution in [1.29, 1.82) is 0 Å². The van der Waals surface area contributed by atoms with E-state index in [0.29, 0.717) is 5.75 Å². The molecule has 0 saturated heterocycles. The third kappa shape index (κ3) is 5.56. The van der Waals surface area contributed by atoms with Gasteiger partial charge in [0.05, 0.1) is 6.61 Å². The Kier molecular flexibility index (Phi) is 4.78. The molecule has 96 valence electrons. The molecule has 0 aliphatic heterocycles. The monoisotopic (exact) mass is 240 g/mol. The Balaban J connectivity index is 2.50. The number of hydrogen-bond donors (Lipinski definition) is 2. The molecule has 0 saturated carbocycles. The van der Waals surface area contributed by atoms with Crippen molar-refractivity contribution < 1.29 is 19.7 Å². The Morgan fingerprint density at radius 3 is 2.12 bits per heavy atom. The van der Waals surface area contributed by atoms with Crippen molar-refractivity contribution in [3.05, 3.63) is 24.3 Å². The van der Waals surface area contributed by atoms with Crippen molar-refractivity contribution >= 4 is 0 Å². The van der Waals surface area contributed by atoms with Gasteiger partial charge < -0.3 is 19.7 Å². The fraction of sp³-hybridized carbons (Fsp3) is 0.538. The van der Waals surface area contributed by atoms with E-state index in [1.807, 2.05) is 32.9 Å². The van der Waals surface area contributed by atoms with Crippen LogP contribution in [0.1, 0.15) is 20.8 Å². The normalized spacial score (nSPS) is 13.2. The summed E-state index contributed by atoms with van der Waals surface area (Å²) in [6.07, 6.45) is -0.847. The minimum absolute atomic E-state index is 0.0793. The largest absolute Gasteiger partial charge is 0.491 e. The van der Waals surface area contributed by atoms with E-state index in [1.54, 1.807) is 12.1 Å².